The van der Waals surface area contributed by atoms with E-state index in [0.717, 1.165) is 27.3 Å². The minimum atomic E-state index is -1.23. The molecule has 41 heavy (non-hydrogen) atoms. The van der Waals surface area contributed by atoms with Crippen molar-refractivity contribution < 1.29 is 34.1 Å². The SMILES string of the molecule is COc1ccccc1-c1ccc(CSC[C@H](NC(=O)CC[C@H](N)C(=O)O)C(=O)N(CC(=O)O)c2ccccc2)cc1. The van der Waals surface area contributed by atoms with Crippen molar-refractivity contribution in [2.75, 3.05) is 24.3 Å². The van der Waals surface area contributed by atoms with E-state index in [1.807, 2.05) is 48.5 Å². The number of ether oxygens (including phenoxy) is 1. The summed E-state index contributed by atoms with van der Waals surface area (Å²) in [6.07, 6.45) is -0.304. The number of benzene rings is 3. The van der Waals surface area contributed by atoms with Crippen molar-refractivity contribution >= 4 is 41.2 Å². The van der Waals surface area contributed by atoms with Gasteiger partial charge in [-0.2, -0.15) is 11.8 Å². The topological polar surface area (TPSA) is 159 Å². The molecule has 0 spiro atoms. The van der Waals surface area contributed by atoms with Crippen molar-refractivity contribution in [3.8, 4) is 16.9 Å². The van der Waals surface area contributed by atoms with Crippen LogP contribution in [0.15, 0.2) is 78.9 Å². The maximum absolute atomic E-state index is 13.6. The van der Waals surface area contributed by atoms with Gasteiger partial charge in [0.05, 0.1) is 7.11 Å². The van der Waals surface area contributed by atoms with Gasteiger partial charge in [-0.15, -0.1) is 0 Å². The standard InChI is InChI=1S/C30H33N3O7S/c1-40-26-10-6-5-9-23(26)21-13-11-20(12-14-21)18-41-19-25(32-27(34)16-15-24(31)30(38)39)29(37)33(17-28(35)36)22-7-3-2-4-8-22/h2-14,24-25H,15-19,31H2,1H3,(H,32,34)(H,35,36)(H,38,39)/t24-,25-/m0/s1. The number of hydrogen-bond donors (Lipinski definition) is 4. The number of para-hydroxylation sites is 2. The summed E-state index contributed by atoms with van der Waals surface area (Å²) in [6, 6.07) is 21.7. The number of carboxylic acids is 2. The summed E-state index contributed by atoms with van der Waals surface area (Å²) in [5.74, 6) is -2.12. The second-order valence-electron chi connectivity index (χ2n) is 9.17. The van der Waals surface area contributed by atoms with Gasteiger partial charge in [0.15, 0.2) is 0 Å². The Morgan fingerprint density at radius 3 is 2.24 bits per heavy atom. The second kappa shape index (κ2) is 15.4. The van der Waals surface area contributed by atoms with Crippen LogP contribution in [0.4, 0.5) is 5.69 Å². The van der Waals surface area contributed by atoms with Gasteiger partial charge in [0.2, 0.25) is 5.91 Å². The molecule has 0 radical (unpaired) electrons. The Hall–Kier alpha value is -4.35. The van der Waals surface area contributed by atoms with E-state index in [1.165, 1.54) is 11.8 Å². The van der Waals surface area contributed by atoms with Crippen LogP contribution in [0.25, 0.3) is 11.1 Å². The Balaban J connectivity index is 1.73. The molecule has 0 aromatic heterocycles. The lowest BCUT2D eigenvalue weighted by Gasteiger charge is -2.27. The molecule has 2 atom stereocenters. The molecule has 2 amide bonds. The van der Waals surface area contributed by atoms with E-state index in [9.17, 15) is 24.3 Å². The first-order chi connectivity index (χ1) is 19.7. The fraction of sp³-hybridized carbons (Fsp3) is 0.267. The molecule has 5 N–H and O–H groups in total. The van der Waals surface area contributed by atoms with Crippen molar-refractivity contribution in [2.24, 2.45) is 5.73 Å². The van der Waals surface area contributed by atoms with E-state index in [4.69, 9.17) is 15.6 Å². The molecule has 0 aliphatic heterocycles. The Kier molecular flexibility index (Phi) is 11.7. The summed E-state index contributed by atoms with van der Waals surface area (Å²) in [6.45, 7) is -0.589. The number of hydrogen-bond acceptors (Lipinski definition) is 7. The minimum absolute atomic E-state index is 0.106. The van der Waals surface area contributed by atoms with Crippen LogP contribution >= 0.6 is 11.8 Å². The molecular formula is C30H33N3O7S. The van der Waals surface area contributed by atoms with Crippen LogP contribution in [-0.4, -0.2) is 65.5 Å². The molecule has 0 saturated heterocycles. The fourth-order valence-electron chi connectivity index (χ4n) is 4.04. The fourth-order valence-corrected chi connectivity index (χ4v) is 5.04. The van der Waals surface area contributed by atoms with E-state index >= 15 is 0 Å². The number of anilines is 1. The number of aliphatic carboxylic acids is 2. The molecule has 0 fully saturated rings. The number of nitrogens with one attached hydrogen (secondary N) is 1. The summed E-state index contributed by atoms with van der Waals surface area (Å²) < 4.78 is 5.45. The van der Waals surface area contributed by atoms with E-state index in [1.54, 1.807) is 37.4 Å². The van der Waals surface area contributed by atoms with E-state index in [2.05, 4.69) is 5.32 Å². The van der Waals surface area contributed by atoms with Crippen LogP contribution < -0.4 is 20.7 Å². The third-order valence-corrected chi connectivity index (χ3v) is 7.29. The van der Waals surface area contributed by atoms with Crippen molar-refractivity contribution in [3.05, 3.63) is 84.4 Å². The third-order valence-electron chi connectivity index (χ3n) is 6.19. The predicted octanol–water partition coefficient (Wildman–Crippen LogP) is 3.39. The predicted molar refractivity (Wildman–Crippen MR) is 158 cm³/mol. The van der Waals surface area contributed by atoms with Gasteiger partial charge in [-0.1, -0.05) is 60.7 Å². The first kappa shape index (κ1) is 31.2. The Bertz CT molecular complexity index is 1340. The number of rotatable bonds is 15. The van der Waals surface area contributed by atoms with Crippen LogP contribution in [-0.2, 0) is 24.9 Å². The lowest BCUT2D eigenvalue weighted by Crippen LogP contribution is -2.51. The Labute approximate surface area is 242 Å². The molecule has 0 aliphatic rings. The maximum Gasteiger partial charge on any atom is 0.323 e. The lowest BCUT2D eigenvalue weighted by atomic mass is 10.0. The summed E-state index contributed by atoms with van der Waals surface area (Å²) in [4.78, 5) is 49.9. The van der Waals surface area contributed by atoms with E-state index in [-0.39, 0.29) is 18.6 Å². The third kappa shape index (κ3) is 9.37. The highest BCUT2D eigenvalue weighted by Gasteiger charge is 2.29. The number of methoxy groups -OCH3 is 1. The van der Waals surface area contributed by atoms with Gasteiger partial charge in [0, 0.05) is 29.2 Å². The van der Waals surface area contributed by atoms with E-state index < -0.39 is 42.4 Å². The average molecular weight is 580 g/mol. The zero-order chi connectivity index (χ0) is 29.8. The van der Waals surface area contributed by atoms with Crippen molar-refractivity contribution in [1.82, 2.24) is 5.32 Å². The number of carboxylic acid groups (broad SMARTS) is 2. The molecule has 3 aromatic rings. The highest BCUT2D eigenvalue weighted by molar-refractivity contribution is 7.98. The van der Waals surface area contributed by atoms with Gasteiger partial charge < -0.3 is 26.0 Å². The summed E-state index contributed by atoms with van der Waals surface area (Å²) >= 11 is 1.40. The van der Waals surface area contributed by atoms with Crippen LogP contribution in [0.5, 0.6) is 5.75 Å². The quantitative estimate of drug-likeness (QED) is 0.212. The Morgan fingerprint density at radius 2 is 1.61 bits per heavy atom. The van der Waals surface area contributed by atoms with Crippen molar-refractivity contribution in [2.45, 2.75) is 30.7 Å². The van der Waals surface area contributed by atoms with Gasteiger partial charge >= 0.3 is 11.9 Å². The van der Waals surface area contributed by atoms with Crippen molar-refractivity contribution in [1.29, 1.82) is 0 Å². The monoisotopic (exact) mass is 579 g/mol. The number of carbonyl (C=O) groups is 4. The molecule has 0 heterocycles. The van der Waals surface area contributed by atoms with Crippen LogP contribution in [0.3, 0.4) is 0 Å². The van der Waals surface area contributed by atoms with Gasteiger partial charge in [-0.3, -0.25) is 24.1 Å². The largest absolute Gasteiger partial charge is 0.496 e. The average Bonchev–Trinajstić information content (AvgIpc) is 2.98. The van der Waals surface area contributed by atoms with Crippen LogP contribution in [0.1, 0.15) is 18.4 Å². The highest BCUT2D eigenvalue weighted by atomic mass is 32.2. The number of carbonyl (C=O) groups excluding carboxylic acids is 2. The zero-order valence-electron chi connectivity index (χ0n) is 22.6. The minimum Gasteiger partial charge on any atom is -0.496 e. The molecule has 11 heteroatoms. The summed E-state index contributed by atoms with van der Waals surface area (Å²) in [7, 11) is 1.62. The van der Waals surface area contributed by atoms with Gasteiger partial charge in [-0.05, 0) is 35.7 Å². The van der Waals surface area contributed by atoms with Crippen molar-refractivity contribution in [3.63, 3.8) is 0 Å². The van der Waals surface area contributed by atoms with Gasteiger partial charge in [0.1, 0.15) is 24.4 Å². The van der Waals surface area contributed by atoms with Gasteiger partial charge in [-0.25, -0.2) is 0 Å². The Morgan fingerprint density at radius 1 is 0.951 bits per heavy atom. The zero-order valence-corrected chi connectivity index (χ0v) is 23.4. The normalized spacial score (nSPS) is 12.1. The molecule has 0 saturated carbocycles. The highest BCUT2D eigenvalue weighted by Crippen LogP contribution is 2.30. The maximum atomic E-state index is 13.6. The molecule has 0 unspecified atom stereocenters. The number of thioether (sulfide) groups is 1. The molecule has 0 aliphatic carbocycles. The van der Waals surface area contributed by atoms with Crippen LogP contribution in [0, 0.1) is 0 Å². The number of amides is 2. The molecule has 216 valence electrons. The lowest BCUT2D eigenvalue weighted by molar-refractivity contribution is -0.139. The van der Waals surface area contributed by atoms with E-state index in [0.29, 0.717) is 11.4 Å². The van der Waals surface area contributed by atoms with Crippen LogP contribution in [0.2, 0.25) is 0 Å². The molecule has 3 rings (SSSR count). The molecule has 3 aromatic carbocycles. The second-order valence-corrected chi connectivity index (χ2v) is 10.2. The molecule has 0 bridgehead atoms. The molecular weight excluding hydrogens is 546 g/mol. The van der Waals surface area contributed by atoms with Gasteiger partial charge in [0.25, 0.3) is 5.91 Å². The summed E-state index contributed by atoms with van der Waals surface area (Å²) in [5, 5.41) is 21.1. The first-order valence-electron chi connectivity index (χ1n) is 12.9. The number of nitrogens with two attached hydrogens (primary N) is 1. The molecule has 10 nitrogen and oxygen atoms in total. The summed E-state index contributed by atoms with van der Waals surface area (Å²) in [5.41, 5.74) is 8.83. The first-order valence-corrected chi connectivity index (χ1v) is 14.0. The smallest absolute Gasteiger partial charge is 0.323 e. The number of nitrogens with zero attached hydrogens (tertiary/aromatic N) is 1.